The summed E-state index contributed by atoms with van der Waals surface area (Å²) in [5, 5.41) is 0.102. The number of anilines is 1. The highest BCUT2D eigenvalue weighted by Crippen LogP contribution is 2.39. The van der Waals surface area contributed by atoms with Crippen LogP contribution in [0.4, 0.5) is 5.69 Å². The fraction of sp³-hybridized carbons (Fsp3) is 0.476. The molecule has 10 nitrogen and oxygen atoms in total. The lowest BCUT2D eigenvalue weighted by molar-refractivity contribution is -0.233. The summed E-state index contributed by atoms with van der Waals surface area (Å²) in [6, 6.07) is 7.92. The molecule has 0 N–H and O–H groups in total. The fourth-order valence-electron chi connectivity index (χ4n) is 3.94. The van der Waals surface area contributed by atoms with Gasteiger partial charge in [-0.05, 0) is 24.4 Å². The molecule has 2 heterocycles. The maximum atomic E-state index is 12.7. The van der Waals surface area contributed by atoms with E-state index in [-0.39, 0.29) is 11.7 Å². The molecule has 5 atom stereocenters. The number of para-hydroxylation sites is 1. The summed E-state index contributed by atoms with van der Waals surface area (Å²) in [5.41, 5.74) is 0.599. The molecule has 0 spiro atoms. The quantitative estimate of drug-likeness (QED) is 0.357. The van der Waals surface area contributed by atoms with Gasteiger partial charge in [-0.1, -0.05) is 18.2 Å². The summed E-state index contributed by atoms with van der Waals surface area (Å²) < 4.78 is 22.3. The van der Waals surface area contributed by atoms with E-state index in [0.717, 1.165) is 0 Å². The van der Waals surface area contributed by atoms with E-state index in [1.165, 1.54) is 32.6 Å². The summed E-state index contributed by atoms with van der Waals surface area (Å²) in [4.78, 5) is 50.8. The number of nitrogens with zero attached hydrogens (tertiary/aromatic N) is 2. The molecule has 32 heavy (non-hydrogen) atoms. The van der Waals surface area contributed by atoms with Gasteiger partial charge in [0.15, 0.2) is 23.5 Å². The molecule has 0 radical (unpaired) electrons. The normalized spacial score (nSPS) is 26.9. The lowest BCUT2D eigenvalue weighted by Gasteiger charge is -2.56. The minimum atomic E-state index is -1.10. The van der Waals surface area contributed by atoms with E-state index in [2.05, 4.69) is 0 Å². The van der Waals surface area contributed by atoms with Crippen LogP contribution in [-0.2, 0) is 38.1 Å². The molecule has 2 aliphatic rings. The molecule has 2 aliphatic heterocycles. The van der Waals surface area contributed by atoms with Crippen LogP contribution in [0.3, 0.4) is 0 Å². The van der Waals surface area contributed by atoms with Gasteiger partial charge in [-0.3, -0.25) is 29.0 Å². The van der Waals surface area contributed by atoms with E-state index >= 15 is 0 Å². The van der Waals surface area contributed by atoms with Crippen molar-refractivity contribution in [2.75, 3.05) is 11.5 Å². The number of ether oxygens (including phenoxy) is 4. The third-order valence-corrected chi connectivity index (χ3v) is 5.42. The molecular weight excluding hydrogens is 440 g/mol. The third kappa shape index (κ3) is 4.73. The van der Waals surface area contributed by atoms with Crippen molar-refractivity contribution in [2.24, 2.45) is 0 Å². The number of hydrogen-bond donors (Lipinski definition) is 0. The lowest BCUT2D eigenvalue weighted by Crippen LogP contribution is -2.77. The number of benzene rings is 1. The molecule has 11 heteroatoms. The summed E-state index contributed by atoms with van der Waals surface area (Å²) in [6.45, 7) is 4.73. The predicted molar refractivity (Wildman–Crippen MR) is 114 cm³/mol. The molecule has 1 amide bonds. The van der Waals surface area contributed by atoms with Crippen molar-refractivity contribution >= 4 is 46.8 Å². The summed E-state index contributed by atoms with van der Waals surface area (Å²) >= 11 is 5.62. The maximum Gasteiger partial charge on any atom is 0.303 e. The standard InChI is InChI=1S/C21H24N2O8S/c1-11(24)22-17-18(29-13(3)26)16(10-28-12(2)25)31-20(19(17)30-14(4)27)23(21(22)32)15-8-6-5-7-9-15/h5-9,16-20H,10H2,1-4H3/t16-,17-,18-,19-,20+/m1/s1. The Kier molecular flexibility index (Phi) is 7.09. The average molecular weight is 464 g/mol. The monoisotopic (exact) mass is 464 g/mol. The Morgan fingerprint density at radius 3 is 2.06 bits per heavy atom. The summed E-state index contributed by atoms with van der Waals surface area (Å²) in [7, 11) is 0. The predicted octanol–water partition coefficient (Wildman–Crippen LogP) is 1.16. The molecule has 2 saturated heterocycles. The average Bonchev–Trinajstić information content (AvgIpc) is 2.69. The molecule has 1 aromatic carbocycles. The highest BCUT2D eigenvalue weighted by Gasteiger charge is 2.60. The Hall–Kier alpha value is -3.05. The van der Waals surface area contributed by atoms with Gasteiger partial charge in [0.2, 0.25) is 5.91 Å². The van der Waals surface area contributed by atoms with E-state index < -0.39 is 54.4 Å². The Morgan fingerprint density at radius 1 is 0.938 bits per heavy atom. The number of hydrogen-bond acceptors (Lipinski definition) is 9. The van der Waals surface area contributed by atoms with Gasteiger partial charge in [-0.15, -0.1) is 0 Å². The molecule has 0 saturated carbocycles. The van der Waals surface area contributed by atoms with Crippen LogP contribution in [-0.4, -0.2) is 71.0 Å². The second-order valence-corrected chi connectivity index (χ2v) is 7.75. The Bertz CT molecular complexity index is 924. The van der Waals surface area contributed by atoms with Gasteiger partial charge in [0.05, 0.1) is 0 Å². The number of carbonyl (C=O) groups is 4. The molecule has 3 rings (SSSR count). The van der Waals surface area contributed by atoms with Crippen LogP contribution in [0.15, 0.2) is 30.3 Å². The van der Waals surface area contributed by atoms with Gasteiger partial charge in [-0.25, -0.2) is 0 Å². The zero-order valence-electron chi connectivity index (χ0n) is 18.0. The second-order valence-electron chi connectivity index (χ2n) is 7.38. The highest BCUT2D eigenvalue weighted by atomic mass is 32.1. The van der Waals surface area contributed by atoms with Gasteiger partial charge in [0.25, 0.3) is 0 Å². The van der Waals surface area contributed by atoms with E-state index in [1.54, 1.807) is 29.2 Å². The number of amides is 1. The van der Waals surface area contributed by atoms with Crippen molar-refractivity contribution in [2.45, 2.75) is 58.3 Å². The maximum absolute atomic E-state index is 12.7. The van der Waals surface area contributed by atoms with Gasteiger partial charge >= 0.3 is 17.9 Å². The zero-order chi connectivity index (χ0) is 23.6. The smallest absolute Gasteiger partial charge is 0.303 e. The van der Waals surface area contributed by atoms with Crippen molar-refractivity contribution in [3.8, 4) is 0 Å². The molecule has 0 unspecified atom stereocenters. The minimum absolute atomic E-state index is 0.102. The molecular formula is C21H24N2O8S. The second kappa shape index (κ2) is 9.61. The van der Waals surface area contributed by atoms with Crippen LogP contribution in [0.2, 0.25) is 0 Å². The van der Waals surface area contributed by atoms with E-state index in [1.807, 2.05) is 6.07 Å². The first kappa shape index (κ1) is 23.6. The highest BCUT2D eigenvalue weighted by molar-refractivity contribution is 7.80. The Labute approximate surface area is 190 Å². The number of thiocarbonyl (C=S) groups is 1. The molecule has 2 bridgehead atoms. The summed E-state index contributed by atoms with van der Waals surface area (Å²) in [5.74, 6) is -2.26. The first-order valence-corrected chi connectivity index (χ1v) is 10.3. The Morgan fingerprint density at radius 2 is 1.53 bits per heavy atom. The first-order chi connectivity index (χ1) is 15.1. The largest absolute Gasteiger partial charge is 0.463 e. The first-order valence-electron chi connectivity index (χ1n) is 9.93. The van der Waals surface area contributed by atoms with Crippen molar-refractivity contribution in [1.29, 1.82) is 0 Å². The van der Waals surface area contributed by atoms with Crippen LogP contribution in [0, 0.1) is 0 Å². The number of fused-ring (bicyclic) bond motifs is 2. The zero-order valence-corrected chi connectivity index (χ0v) is 18.9. The number of carbonyl (C=O) groups excluding carboxylic acids is 4. The van der Waals surface area contributed by atoms with Gasteiger partial charge < -0.3 is 18.9 Å². The Balaban J connectivity index is 2.14. The van der Waals surface area contributed by atoms with Gasteiger partial charge in [-0.2, -0.15) is 0 Å². The molecule has 1 aromatic rings. The topological polar surface area (TPSA) is 112 Å². The van der Waals surface area contributed by atoms with Crippen LogP contribution in [0.1, 0.15) is 27.7 Å². The van der Waals surface area contributed by atoms with Crippen molar-refractivity contribution < 1.29 is 38.1 Å². The minimum Gasteiger partial charge on any atom is -0.463 e. The molecule has 0 aliphatic carbocycles. The van der Waals surface area contributed by atoms with E-state index in [0.29, 0.717) is 5.69 Å². The van der Waals surface area contributed by atoms with Crippen LogP contribution < -0.4 is 4.90 Å². The van der Waals surface area contributed by atoms with Crippen LogP contribution >= 0.6 is 12.2 Å². The van der Waals surface area contributed by atoms with Crippen molar-refractivity contribution in [3.05, 3.63) is 30.3 Å². The number of esters is 3. The summed E-state index contributed by atoms with van der Waals surface area (Å²) in [6.07, 6.45) is -4.05. The van der Waals surface area contributed by atoms with Crippen molar-refractivity contribution in [3.63, 3.8) is 0 Å². The fourth-order valence-corrected chi connectivity index (χ4v) is 4.40. The third-order valence-electron chi connectivity index (χ3n) is 5.03. The number of rotatable bonds is 5. The van der Waals surface area contributed by atoms with E-state index in [4.69, 9.17) is 31.2 Å². The lowest BCUT2D eigenvalue weighted by atomic mass is 9.90. The molecule has 172 valence electrons. The molecule has 2 fully saturated rings. The van der Waals surface area contributed by atoms with E-state index in [9.17, 15) is 19.2 Å². The van der Waals surface area contributed by atoms with Gasteiger partial charge in [0.1, 0.15) is 18.8 Å². The van der Waals surface area contributed by atoms with Gasteiger partial charge in [0, 0.05) is 33.4 Å². The van der Waals surface area contributed by atoms with Crippen LogP contribution in [0.25, 0.3) is 0 Å². The SMILES string of the molecule is CC(=O)OC[C@H]1O[C@H]2[C@H](OC(C)=O)[C@@H]([C@@H]1OC(C)=O)N(C(C)=O)C(=S)N2c1ccccc1. The van der Waals surface area contributed by atoms with Crippen molar-refractivity contribution in [1.82, 2.24) is 4.90 Å². The van der Waals surface area contributed by atoms with Crippen LogP contribution in [0.5, 0.6) is 0 Å². The molecule has 0 aromatic heterocycles.